The number of hydrogen-bond donors (Lipinski definition) is 1. The number of esters is 1. The number of ether oxygens (including phenoxy) is 2. The van der Waals surface area contributed by atoms with Crippen molar-refractivity contribution in [1.82, 2.24) is 0 Å². The van der Waals surface area contributed by atoms with Gasteiger partial charge in [0.25, 0.3) is 0 Å². The molecular weight excluding hydrogens is 386 g/mol. The molecule has 146 valence electrons. The Labute approximate surface area is 172 Å². The van der Waals surface area contributed by atoms with Gasteiger partial charge in [0.2, 0.25) is 17.4 Å². The van der Waals surface area contributed by atoms with Crippen LogP contribution < -0.4 is 5.73 Å². The topological polar surface area (TPSA) is 122 Å². The first-order valence-corrected chi connectivity index (χ1v) is 8.86. The van der Waals surface area contributed by atoms with Crippen LogP contribution in [0.4, 0.5) is 0 Å². The molecule has 0 saturated heterocycles. The van der Waals surface area contributed by atoms with Crippen molar-refractivity contribution in [2.24, 2.45) is 5.73 Å². The normalized spacial score (nSPS) is 23.8. The molecule has 1 heterocycles. The van der Waals surface area contributed by atoms with Crippen LogP contribution in [0.3, 0.4) is 0 Å². The van der Waals surface area contributed by atoms with Crippen LogP contribution in [0.5, 0.6) is 0 Å². The van der Waals surface area contributed by atoms with Gasteiger partial charge in [0.05, 0.1) is 23.6 Å². The molecule has 0 radical (unpaired) electrons. The Bertz CT molecular complexity index is 1400. The van der Waals surface area contributed by atoms with Gasteiger partial charge in [-0.3, -0.25) is 4.79 Å². The van der Waals surface area contributed by atoms with E-state index in [1.54, 1.807) is 0 Å². The number of Topliss-reactive ketones (excluding diaryl/α,β-unsaturated/α-hetero) is 1. The Morgan fingerprint density at radius 2 is 1.93 bits per heavy atom. The third-order valence-electron chi connectivity index (χ3n) is 3.34. The monoisotopic (exact) mass is 411 g/mol. The molecule has 0 bridgehead atoms. The van der Waals surface area contributed by atoms with E-state index in [2.05, 4.69) is 8.92 Å². The maximum Gasteiger partial charge on any atom is 0.337 e. The molecule has 1 atom stereocenters. The standard InChI is InChI=1S/C19H17NO7S/c1-25-19(22)14-9-7-13(8-10-14)16-15(21)17(18(20)26-16)27-28(23,24)11-12-5-3-2-4-6-12/h2-10,16H,11,20H2,1H3/i2D,3D,4D,5D,6D,11D2,16D. The van der Waals surface area contributed by atoms with E-state index in [-0.39, 0.29) is 11.1 Å². The van der Waals surface area contributed by atoms with Crippen LogP contribution in [0, 0.1) is 0 Å². The van der Waals surface area contributed by atoms with Crippen molar-refractivity contribution in [1.29, 1.82) is 0 Å². The number of carbonyl (C=O) groups is 2. The zero-order valence-electron chi connectivity index (χ0n) is 22.2. The lowest BCUT2D eigenvalue weighted by molar-refractivity contribution is -0.123. The number of methoxy groups -OCH3 is 1. The van der Waals surface area contributed by atoms with E-state index in [1.807, 2.05) is 0 Å². The summed E-state index contributed by atoms with van der Waals surface area (Å²) in [4.78, 5) is 24.5. The maximum absolute atomic E-state index is 12.9. The molecule has 0 aliphatic carbocycles. The van der Waals surface area contributed by atoms with Gasteiger partial charge in [0, 0.05) is 5.56 Å². The molecular formula is C19H17NO7S. The fourth-order valence-corrected chi connectivity index (χ4v) is 2.89. The lowest BCUT2D eigenvalue weighted by atomic mass is 10.0. The van der Waals surface area contributed by atoms with Gasteiger partial charge >= 0.3 is 16.1 Å². The van der Waals surface area contributed by atoms with Gasteiger partial charge in [-0.1, -0.05) is 42.3 Å². The SMILES string of the molecule is [2H]c1c([2H])c([2H])c(C([2H])([2H])S(=O)(=O)OC2=C(N)OC([2H])(c3ccc(C(=O)OC)cc3)C2=O)c([2H])c1[2H]. The van der Waals surface area contributed by atoms with Gasteiger partial charge in [-0.15, -0.1) is 0 Å². The van der Waals surface area contributed by atoms with E-state index in [9.17, 15) is 18.0 Å². The predicted molar refractivity (Wildman–Crippen MR) is 98.0 cm³/mol. The Hall–Kier alpha value is -3.33. The Morgan fingerprint density at radius 3 is 2.54 bits per heavy atom. The molecule has 1 aliphatic rings. The van der Waals surface area contributed by atoms with E-state index in [1.165, 1.54) is 12.1 Å². The van der Waals surface area contributed by atoms with E-state index in [0.29, 0.717) is 0 Å². The minimum Gasteiger partial charge on any atom is -0.465 e. The molecule has 0 amide bonds. The van der Waals surface area contributed by atoms with Crippen molar-refractivity contribution in [2.45, 2.75) is 11.8 Å². The first kappa shape index (κ1) is 11.5. The highest BCUT2D eigenvalue weighted by molar-refractivity contribution is 7.86. The summed E-state index contributed by atoms with van der Waals surface area (Å²) in [5.74, 6) is -4.38. The molecule has 0 spiro atoms. The lowest BCUT2D eigenvalue weighted by Gasteiger charge is -2.10. The second-order valence-electron chi connectivity index (χ2n) is 5.16. The number of rotatable bonds is 6. The molecule has 3 rings (SSSR count). The first-order valence-electron chi connectivity index (χ1n) is 11.4. The summed E-state index contributed by atoms with van der Waals surface area (Å²) in [6.07, 6.45) is -2.66. The molecule has 2 aromatic carbocycles. The minimum absolute atomic E-state index is 0.0714. The number of nitrogens with two attached hydrogens (primary N) is 1. The summed E-state index contributed by atoms with van der Waals surface area (Å²) in [5, 5.41) is 0. The summed E-state index contributed by atoms with van der Waals surface area (Å²) in [7, 11) is -4.48. The van der Waals surface area contributed by atoms with E-state index in [4.69, 9.17) is 21.4 Å². The van der Waals surface area contributed by atoms with Crippen molar-refractivity contribution < 1.29 is 42.6 Å². The number of benzene rings is 2. The summed E-state index contributed by atoms with van der Waals surface area (Å²) in [5.41, 5.74) is 0.439. The largest absolute Gasteiger partial charge is 0.465 e. The van der Waals surface area contributed by atoms with E-state index >= 15 is 0 Å². The van der Waals surface area contributed by atoms with Crippen molar-refractivity contribution >= 4 is 21.9 Å². The maximum atomic E-state index is 12.9. The van der Waals surface area contributed by atoms with E-state index < -0.39 is 81.1 Å². The fourth-order valence-electron chi connectivity index (χ4n) is 2.12. The van der Waals surface area contributed by atoms with Crippen LogP contribution in [0.1, 0.15) is 38.5 Å². The predicted octanol–water partition coefficient (Wildman–Crippen LogP) is 1.79. The third-order valence-corrected chi connectivity index (χ3v) is 4.18. The smallest absolute Gasteiger partial charge is 0.337 e. The summed E-state index contributed by atoms with van der Waals surface area (Å²) in [6.45, 7) is 0. The summed E-state index contributed by atoms with van der Waals surface area (Å²) >= 11 is 0. The Kier molecular flexibility index (Phi) is 3.17. The molecule has 2 N–H and O–H groups in total. The molecule has 8 nitrogen and oxygen atoms in total. The second kappa shape index (κ2) is 7.73. The average molecular weight is 411 g/mol. The molecule has 9 heteroatoms. The Balaban J connectivity index is 2.00. The zero-order valence-corrected chi connectivity index (χ0v) is 15.0. The van der Waals surface area contributed by atoms with Crippen molar-refractivity contribution in [2.75, 3.05) is 7.11 Å². The Morgan fingerprint density at radius 1 is 1.29 bits per heavy atom. The van der Waals surface area contributed by atoms with Crippen LogP contribution in [-0.2, 0) is 34.3 Å². The second-order valence-corrected chi connectivity index (χ2v) is 6.44. The minimum atomic E-state index is -5.62. The summed E-state index contributed by atoms with van der Waals surface area (Å²) in [6, 6.07) is -0.458. The first-order chi connectivity index (χ1) is 16.5. The van der Waals surface area contributed by atoms with Crippen LogP contribution in [-0.4, -0.2) is 27.3 Å². The molecule has 0 fully saturated rings. The van der Waals surface area contributed by atoms with Gasteiger partial charge in [0.15, 0.2) is 6.08 Å². The van der Waals surface area contributed by atoms with Gasteiger partial charge in [-0.2, -0.15) is 8.42 Å². The number of carbonyl (C=O) groups excluding carboxylic acids is 2. The van der Waals surface area contributed by atoms with Crippen LogP contribution in [0.2, 0.25) is 0 Å². The summed E-state index contributed by atoms with van der Waals surface area (Å²) < 4.78 is 103. The van der Waals surface area contributed by atoms with Gasteiger partial charge in [0.1, 0.15) is 5.70 Å². The highest BCUT2D eigenvalue weighted by Crippen LogP contribution is 2.32. The molecule has 1 aliphatic heterocycles. The van der Waals surface area contributed by atoms with Crippen LogP contribution in [0.15, 0.2) is 66.1 Å². The van der Waals surface area contributed by atoms with Gasteiger partial charge < -0.3 is 19.4 Å². The number of hydrogen-bond acceptors (Lipinski definition) is 8. The quantitative estimate of drug-likeness (QED) is 0.564. The molecule has 28 heavy (non-hydrogen) atoms. The lowest BCUT2D eigenvalue weighted by Crippen LogP contribution is -2.16. The van der Waals surface area contributed by atoms with Crippen molar-refractivity contribution in [3.8, 4) is 0 Å². The molecule has 0 saturated carbocycles. The van der Waals surface area contributed by atoms with Crippen LogP contribution >= 0.6 is 0 Å². The highest BCUT2D eigenvalue weighted by Gasteiger charge is 2.39. The van der Waals surface area contributed by atoms with Gasteiger partial charge in [-0.05, 0) is 17.7 Å². The average Bonchev–Trinajstić information content (AvgIpc) is 3.04. The zero-order chi connectivity index (χ0) is 27.4. The van der Waals surface area contributed by atoms with Crippen molar-refractivity contribution in [3.05, 3.63) is 82.8 Å². The van der Waals surface area contributed by atoms with Crippen LogP contribution in [0.25, 0.3) is 0 Å². The molecule has 2 aromatic rings. The third kappa shape index (κ3) is 4.15. The van der Waals surface area contributed by atoms with Gasteiger partial charge in [-0.25, -0.2) is 4.79 Å². The molecule has 1 unspecified atom stereocenters. The fraction of sp³-hybridized carbons (Fsp3) is 0.158. The van der Waals surface area contributed by atoms with Crippen molar-refractivity contribution in [3.63, 3.8) is 0 Å². The van der Waals surface area contributed by atoms with E-state index in [0.717, 1.165) is 19.2 Å². The molecule has 0 aromatic heterocycles. The number of ketones is 1. The highest BCUT2D eigenvalue weighted by atomic mass is 32.2.